The first-order valence-electron chi connectivity index (χ1n) is 13.0. The van der Waals surface area contributed by atoms with Gasteiger partial charge in [0, 0.05) is 46.3 Å². The predicted molar refractivity (Wildman–Crippen MR) is 155 cm³/mol. The molecular formula is C30H47N5O. The van der Waals surface area contributed by atoms with E-state index in [0.717, 1.165) is 56.9 Å². The Kier molecular flexibility index (Phi) is 12.1. The van der Waals surface area contributed by atoms with Crippen molar-refractivity contribution >= 4 is 17.4 Å². The third kappa shape index (κ3) is 9.07. The molecule has 0 bridgehead atoms. The van der Waals surface area contributed by atoms with Crippen molar-refractivity contribution in [3.8, 4) is 0 Å². The van der Waals surface area contributed by atoms with Crippen LogP contribution in [-0.2, 0) is 4.74 Å². The summed E-state index contributed by atoms with van der Waals surface area (Å²) in [6, 6.07) is 8.63. The number of nitrogens with one attached hydrogen (secondary N) is 1. The monoisotopic (exact) mass is 493 g/mol. The van der Waals surface area contributed by atoms with Crippen LogP contribution in [0.15, 0.2) is 58.6 Å². The highest BCUT2D eigenvalue weighted by Crippen LogP contribution is 2.38. The highest BCUT2D eigenvalue weighted by molar-refractivity contribution is 5.87. The van der Waals surface area contributed by atoms with Gasteiger partial charge in [-0.1, -0.05) is 42.0 Å². The molecule has 2 rings (SSSR count). The molecule has 36 heavy (non-hydrogen) atoms. The standard InChI is InChI=1S/C30H47N5O/c1-9-25(22-29(31)35(7)17-11-16-33(4)5)26-14-15-28(21-26)30(27-13-10-12-23(2)20-27)32-24(3)34(6)18-19-36-8/h9-10,12-13,20,31H,1,11,14-19,21-22H2,2-8H3. The highest BCUT2D eigenvalue weighted by atomic mass is 16.5. The zero-order valence-corrected chi connectivity index (χ0v) is 23.7. The molecule has 0 aliphatic heterocycles. The number of methoxy groups -OCH3 is 1. The molecule has 0 saturated heterocycles. The van der Waals surface area contributed by atoms with Gasteiger partial charge in [-0.15, -0.1) is 0 Å². The summed E-state index contributed by atoms with van der Waals surface area (Å²) in [6.07, 6.45) is 6.51. The largest absolute Gasteiger partial charge is 0.383 e. The minimum absolute atomic E-state index is 0.631. The maximum absolute atomic E-state index is 8.65. The summed E-state index contributed by atoms with van der Waals surface area (Å²) < 4.78 is 5.25. The van der Waals surface area contributed by atoms with Gasteiger partial charge in [0.1, 0.15) is 5.84 Å². The van der Waals surface area contributed by atoms with E-state index < -0.39 is 0 Å². The van der Waals surface area contributed by atoms with Crippen molar-refractivity contribution < 1.29 is 4.74 Å². The van der Waals surface area contributed by atoms with Gasteiger partial charge >= 0.3 is 0 Å². The second-order valence-corrected chi connectivity index (χ2v) is 10.1. The summed E-state index contributed by atoms with van der Waals surface area (Å²) >= 11 is 0. The number of hydrogen-bond acceptors (Lipinski definition) is 4. The molecule has 0 atom stereocenters. The van der Waals surface area contributed by atoms with Gasteiger partial charge in [0.2, 0.25) is 0 Å². The molecule has 198 valence electrons. The van der Waals surface area contributed by atoms with Crippen LogP contribution in [0.5, 0.6) is 0 Å². The molecular weight excluding hydrogens is 446 g/mol. The molecule has 0 spiro atoms. The van der Waals surface area contributed by atoms with Crippen LogP contribution in [0, 0.1) is 12.3 Å². The average molecular weight is 494 g/mol. The molecule has 1 aliphatic carbocycles. The number of hydrogen-bond donors (Lipinski definition) is 1. The lowest BCUT2D eigenvalue weighted by Gasteiger charge is -2.22. The third-order valence-electron chi connectivity index (χ3n) is 6.86. The van der Waals surface area contributed by atoms with Crippen LogP contribution in [0.2, 0.25) is 0 Å². The summed E-state index contributed by atoms with van der Waals surface area (Å²) in [5, 5.41) is 8.65. The lowest BCUT2D eigenvalue weighted by Crippen LogP contribution is -2.29. The Morgan fingerprint density at radius 3 is 2.44 bits per heavy atom. The van der Waals surface area contributed by atoms with Crippen molar-refractivity contribution in [2.24, 2.45) is 4.99 Å². The Labute approximate surface area is 219 Å². The van der Waals surface area contributed by atoms with Gasteiger partial charge in [-0.3, -0.25) is 5.41 Å². The Balaban J connectivity index is 2.30. The number of aryl methyl sites for hydroxylation is 1. The number of benzene rings is 1. The van der Waals surface area contributed by atoms with Gasteiger partial charge in [-0.2, -0.15) is 0 Å². The first kappa shape index (κ1) is 29.5. The quantitative estimate of drug-likeness (QED) is 0.303. The second-order valence-electron chi connectivity index (χ2n) is 10.1. The van der Waals surface area contributed by atoms with E-state index in [1.54, 1.807) is 7.11 Å². The molecule has 1 fully saturated rings. The van der Waals surface area contributed by atoms with Crippen molar-refractivity contribution in [3.05, 3.63) is 64.8 Å². The number of rotatable bonds is 12. The molecule has 1 aromatic carbocycles. The van der Waals surface area contributed by atoms with Gasteiger partial charge in [-0.05, 0) is 77.4 Å². The maximum Gasteiger partial charge on any atom is 0.101 e. The lowest BCUT2D eigenvalue weighted by molar-refractivity contribution is 0.182. The van der Waals surface area contributed by atoms with Crippen LogP contribution >= 0.6 is 0 Å². The van der Waals surface area contributed by atoms with Gasteiger partial charge in [0.15, 0.2) is 0 Å². The van der Waals surface area contributed by atoms with E-state index in [2.05, 4.69) is 80.5 Å². The van der Waals surface area contributed by atoms with E-state index in [4.69, 9.17) is 15.1 Å². The van der Waals surface area contributed by atoms with Crippen LogP contribution in [0.3, 0.4) is 0 Å². The highest BCUT2D eigenvalue weighted by Gasteiger charge is 2.21. The number of nitrogens with zero attached hydrogens (tertiary/aromatic N) is 4. The zero-order chi connectivity index (χ0) is 26.7. The number of likely N-dealkylation sites (N-methyl/N-ethyl adjacent to an activating group) is 1. The lowest BCUT2D eigenvalue weighted by atomic mass is 10.0. The molecule has 1 saturated carbocycles. The van der Waals surface area contributed by atoms with Crippen molar-refractivity contribution in [3.63, 3.8) is 0 Å². The number of allylic oxidation sites excluding steroid dienone is 3. The molecule has 0 amide bonds. The Morgan fingerprint density at radius 2 is 1.81 bits per heavy atom. The Bertz CT molecular complexity index is 989. The van der Waals surface area contributed by atoms with Crippen LogP contribution < -0.4 is 0 Å². The molecule has 1 aromatic rings. The Hall–Kier alpha value is -2.70. The molecule has 6 nitrogen and oxygen atoms in total. The van der Waals surface area contributed by atoms with Crippen LogP contribution in [-0.4, -0.2) is 87.9 Å². The minimum Gasteiger partial charge on any atom is -0.383 e. The number of ether oxygens (including phenoxy) is 1. The van der Waals surface area contributed by atoms with Crippen molar-refractivity contribution in [1.82, 2.24) is 14.7 Å². The smallest absolute Gasteiger partial charge is 0.101 e. The fourth-order valence-electron chi connectivity index (χ4n) is 4.41. The first-order chi connectivity index (χ1) is 17.2. The molecule has 0 radical (unpaired) electrons. The SMILES string of the molecule is C=CC(CC(=N)N(C)CCCN(C)C)=C1CCC(=C(N=C(C)N(C)CCOC)c2cccc(C)c2)C1. The van der Waals surface area contributed by atoms with Crippen LogP contribution in [0.4, 0.5) is 0 Å². The van der Waals surface area contributed by atoms with Crippen molar-refractivity contribution in [2.45, 2.75) is 46.0 Å². The van der Waals surface area contributed by atoms with E-state index >= 15 is 0 Å². The maximum atomic E-state index is 8.65. The minimum atomic E-state index is 0.631. The van der Waals surface area contributed by atoms with Gasteiger partial charge in [0.25, 0.3) is 0 Å². The molecule has 1 N–H and O–H groups in total. The summed E-state index contributed by atoms with van der Waals surface area (Å²) in [6.45, 7) is 11.7. The van der Waals surface area contributed by atoms with E-state index in [9.17, 15) is 0 Å². The predicted octanol–water partition coefficient (Wildman–Crippen LogP) is 5.62. The van der Waals surface area contributed by atoms with Crippen LogP contribution in [0.25, 0.3) is 5.70 Å². The fourth-order valence-corrected chi connectivity index (χ4v) is 4.41. The van der Waals surface area contributed by atoms with Crippen LogP contribution in [0.1, 0.15) is 50.2 Å². The van der Waals surface area contributed by atoms with Crippen molar-refractivity contribution in [2.75, 3.05) is 61.5 Å². The molecule has 0 aromatic heterocycles. The van der Waals surface area contributed by atoms with Gasteiger partial charge in [-0.25, -0.2) is 4.99 Å². The molecule has 0 unspecified atom stereocenters. The Morgan fingerprint density at radius 1 is 1.08 bits per heavy atom. The van der Waals surface area contributed by atoms with Gasteiger partial charge in [0.05, 0.1) is 18.1 Å². The number of amidine groups is 2. The van der Waals surface area contributed by atoms with Gasteiger partial charge < -0.3 is 19.4 Å². The van der Waals surface area contributed by atoms with E-state index in [-0.39, 0.29) is 0 Å². The van der Waals surface area contributed by atoms with Crippen molar-refractivity contribution in [1.29, 1.82) is 5.41 Å². The average Bonchev–Trinajstić information content (AvgIpc) is 3.33. The molecule has 1 aliphatic rings. The first-order valence-corrected chi connectivity index (χ1v) is 13.0. The van der Waals surface area contributed by atoms with E-state index in [1.165, 1.54) is 27.8 Å². The summed E-state index contributed by atoms with van der Waals surface area (Å²) in [5.41, 5.74) is 7.42. The molecule has 0 heterocycles. The van der Waals surface area contributed by atoms with E-state index in [0.29, 0.717) is 18.9 Å². The summed E-state index contributed by atoms with van der Waals surface area (Å²) in [7, 11) is 9.99. The normalized spacial score (nSPS) is 16.8. The summed E-state index contributed by atoms with van der Waals surface area (Å²) in [5.74, 6) is 1.64. The third-order valence-corrected chi connectivity index (χ3v) is 6.86. The summed E-state index contributed by atoms with van der Waals surface area (Å²) in [4.78, 5) is 11.5. The number of aliphatic imine (C=N–C) groups is 1. The fraction of sp³-hybridized carbons (Fsp3) is 0.533. The molecule has 6 heteroatoms. The zero-order valence-electron chi connectivity index (χ0n) is 23.7. The van der Waals surface area contributed by atoms with E-state index in [1.807, 2.05) is 13.1 Å². The second kappa shape index (κ2) is 14.8. The topological polar surface area (TPSA) is 55.2 Å².